The average molecular weight is 2120 g/mol. The number of methoxy groups -OCH3 is 2. The van der Waals surface area contributed by atoms with Gasteiger partial charge in [0.05, 0.1) is 26.4 Å². The number of fused-ring (bicyclic) bond motifs is 2. The van der Waals surface area contributed by atoms with Crippen LogP contribution in [0.3, 0.4) is 0 Å². The van der Waals surface area contributed by atoms with E-state index in [4.69, 9.17) is 18.9 Å². The van der Waals surface area contributed by atoms with Crippen molar-refractivity contribution in [2.24, 2.45) is 59.2 Å². The number of nitrogens with zero attached hydrogens (tertiary/aromatic N) is 12. The van der Waals surface area contributed by atoms with Gasteiger partial charge in [-0.3, -0.25) is 9.59 Å². The van der Waals surface area contributed by atoms with Gasteiger partial charge in [0.1, 0.15) is 0 Å². The molecule has 4 saturated carbocycles. The number of hydrogen-bond donors (Lipinski definition) is 8. The van der Waals surface area contributed by atoms with Gasteiger partial charge in [-0.2, -0.15) is 0 Å². The number of likely N-dealkylation sites (tertiary alicyclic amines) is 6. The lowest BCUT2D eigenvalue weighted by atomic mass is 9.96. The second kappa shape index (κ2) is 117. The number of amides is 2. The Morgan fingerprint density at radius 3 is 0.561 bits per heavy atom. The van der Waals surface area contributed by atoms with Crippen molar-refractivity contribution < 1.29 is 38.0 Å². The van der Waals surface area contributed by atoms with Crippen molar-refractivity contribution in [3.63, 3.8) is 0 Å². The number of piperidine rings is 6. The van der Waals surface area contributed by atoms with Gasteiger partial charge < -0.3 is 130 Å². The summed E-state index contributed by atoms with van der Waals surface area (Å²) in [6.07, 6.45) is 47.7. The van der Waals surface area contributed by atoms with E-state index in [1.807, 2.05) is 52.1 Å². The van der Waals surface area contributed by atoms with Crippen LogP contribution in [0.5, 0.6) is 0 Å². The lowest BCUT2D eigenvalue weighted by Gasteiger charge is -2.21. The molecule has 8 N–H and O–H groups in total. The summed E-state index contributed by atoms with van der Waals surface area (Å²) >= 11 is 0. The van der Waals surface area contributed by atoms with Crippen LogP contribution in [-0.4, -0.2) is 488 Å². The second-order valence-corrected chi connectivity index (χ2v) is 46.6. The van der Waals surface area contributed by atoms with Crippen molar-refractivity contribution >= 4 is 11.8 Å². The van der Waals surface area contributed by atoms with Crippen LogP contribution in [0.1, 0.15) is 301 Å². The number of nitrogens with one attached hydrogen (secondary N) is 8. The Labute approximate surface area is 924 Å². The van der Waals surface area contributed by atoms with Crippen LogP contribution in [0.2, 0.25) is 0 Å². The van der Waals surface area contributed by atoms with E-state index < -0.39 is 0 Å². The number of rotatable bonds is 6. The second-order valence-electron chi connectivity index (χ2n) is 46.6. The SMILES string of the molecule is CC(C)C.CC(C)C.CCC1CCNCC1.CCC1CCNCC1.CCC1CCOCC1.CCC1CCOCC1.CN(C)C.CN(C)C.CN1CC2CC2C1.CN1CC2CC2C1.CN1CCCC1.CN1CCCC1.CN1CCCCC1.CN1CCCCC1.CN1CCNCC1.CN1CCNCC1.CN1CCOCC1.CN1CCOCC1.CNC(C)=O.CNC(C)=O.CNC1CCCCC1.CNC1CCCCC1.COC.COC. The van der Waals surface area contributed by atoms with E-state index in [0.717, 1.165) is 176 Å². The van der Waals surface area contributed by atoms with Crippen molar-refractivity contribution in [2.45, 2.75) is 313 Å². The highest BCUT2D eigenvalue weighted by Crippen LogP contribution is 2.45. The topological polar surface area (TPSA) is 225 Å². The maximum Gasteiger partial charge on any atom is 0.216 e. The fourth-order valence-corrected chi connectivity index (χ4v) is 17.7. The Bertz CT molecular complexity index is 2140. The molecule has 14 saturated heterocycles. The molecule has 0 radical (unpaired) electrons. The summed E-state index contributed by atoms with van der Waals surface area (Å²) in [6, 6.07) is 1.67. The monoisotopic (exact) mass is 2120 g/mol. The third-order valence-electron chi connectivity index (χ3n) is 27.9. The quantitative estimate of drug-likeness (QED) is 0.124. The summed E-state index contributed by atoms with van der Waals surface area (Å²) in [5, 5.41) is 24.6. The van der Waals surface area contributed by atoms with Gasteiger partial charge in [0, 0.05) is 200 Å². The zero-order chi connectivity index (χ0) is 112. The molecule has 4 unspecified atom stereocenters. The molecule has 28 nitrogen and oxygen atoms in total. The normalized spacial score (nSPS) is 23.2. The largest absolute Gasteiger partial charge is 0.388 e. The molecule has 18 fully saturated rings. The summed E-state index contributed by atoms with van der Waals surface area (Å²) in [4.78, 5) is 47.0. The van der Waals surface area contributed by atoms with Crippen LogP contribution in [0.4, 0.5) is 0 Å². The fraction of sp³-hybridized carbons (Fsp3) is 0.983. The summed E-state index contributed by atoms with van der Waals surface area (Å²) < 4.78 is 29.1. The molecule has 18 rings (SSSR count). The maximum atomic E-state index is 9.70. The molecule has 14 heterocycles. The predicted octanol–water partition coefficient (Wildman–Crippen LogP) is 16.9. The number of piperazine rings is 2. The zero-order valence-corrected chi connectivity index (χ0v) is 106. The molecule has 0 aromatic heterocycles. The Balaban J connectivity index is -0.000000357. The highest BCUT2D eigenvalue weighted by molar-refractivity contribution is 5.72. The van der Waals surface area contributed by atoms with E-state index in [9.17, 15) is 9.59 Å². The zero-order valence-electron chi connectivity index (χ0n) is 106. The van der Waals surface area contributed by atoms with Crippen LogP contribution in [0, 0.1) is 59.2 Å². The standard InChI is InChI=1S/4C7H15N.2C7H14O.2C6H11N.2C6H13N.2C5H12N2.2C5H11NO.2C5H11N.2C4H10.2C3H7NO.2C3H9N.2C2H6O/c2*1-8-7-5-3-2-4-6-7;4*1-2-7-3-5-8-6-4-7;2*1-7-3-5-2-6(5)4-7;2*1-7-5-3-2-4-6-7;2*1-7-4-2-6-3-5-7;2*1-6-2-4-7-5-3-6;2*1-6-4-2-3-5-6;2*1-4(2)3;2*1-3(5)4-2;2*1-4(2)3;2*1-3-2/h4*7-8H,2-6H2,1H3;2*7H,2-6H2,1H3;2*5-6H,2-4H2,1H3;2*2-6H2,1H3;2*6H,2-5H2,1H3;2*2-5H2,1H3;2*2-5H2,1H3;2*4H,1-3H3;2*1-2H3,(H,4,5);2*1-3H3;2*1-2H3. The minimum absolute atomic E-state index is 0.00463. The Hall–Kier alpha value is -2.02. The number of likely N-dealkylation sites (N-methyl/N-ethyl adjacent to an activating group) is 4. The van der Waals surface area contributed by atoms with Crippen molar-refractivity contribution in [3.8, 4) is 0 Å². The molecule has 28 heteroatoms. The van der Waals surface area contributed by atoms with Crippen molar-refractivity contribution in [2.75, 3.05) is 406 Å². The molecule has 0 bridgehead atoms. The van der Waals surface area contributed by atoms with E-state index in [2.05, 4.69) is 255 Å². The molecular formula is C120H268N20O8. The first-order chi connectivity index (χ1) is 70.8. The number of hydrogen-bond acceptors (Lipinski definition) is 26. The van der Waals surface area contributed by atoms with Gasteiger partial charge in [0.15, 0.2) is 0 Å². The first-order valence-electron chi connectivity index (χ1n) is 60.5. The number of ether oxygens (including phenoxy) is 6. The lowest BCUT2D eigenvalue weighted by molar-refractivity contribution is -0.119. The van der Waals surface area contributed by atoms with Crippen LogP contribution in [0.25, 0.3) is 0 Å². The summed E-state index contributed by atoms with van der Waals surface area (Å²) in [6.45, 7) is 67.6. The van der Waals surface area contributed by atoms with Gasteiger partial charge in [0.2, 0.25) is 11.8 Å². The van der Waals surface area contributed by atoms with Gasteiger partial charge in [-0.25, -0.2) is 0 Å². The van der Waals surface area contributed by atoms with E-state index in [-0.39, 0.29) is 11.8 Å². The van der Waals surface area contributed by atoms with E-state index in [0.29, 0.717) is 0 Å². The van der Waals surface area contributed by atoms with Crippen molar-refractivity contribution in [3.05, 3.63) is 0 Å². The fourth-order valence-electron chi connectivity index (χ4n) is 17.7. The molecule has 18 aliphatic rings. The molecule has 896 valence electrons. The Kier molecular flexibility index (Phi) is 124. The molecule has 14 aliphatic heterocycles. The Morgan fingerprint density at radius 2 is 0.446 bits per heavy atom. The minimum Gasteiger partial charge on any atom is -0.388 e. The van der Waals surface area contributed by atoms with Gasteiger partial charge in [-0.05, 0) is 406 Å². The molecule has 4 atom stereocenters. The van der Waals surface area contributed by atoms with Crippen LogP contribution >= 0.6 is 0 Å². The summed E-state index contributed by atoms with van der Waals surface area (Å²) in [5.74, 6) is 10.1. The predicted molar refractivity (Wildman–Crippen MR) is 649 cm³/mol. The van der Waals surface area contributed by atoms with Gasteiger partial charge in [0.25, 0.3) is 0 Å². The third kappa shape index (κ3) is 127. The molecule has 2 amide bonds. The van der Waals surface area contributed by atoms with Crippen LogP contribution < -0.4 is 42.5 Å². The average Bonchev–Trinajstić information content (AvgIpc) is 1.65. The maximum absolute atomic E-state index is 9.70. The third-order valence-corrected chi connectivity index (χ3v) is 27.9. The number of carbonyl (C=O) groups excluding carboxylic acids is 2. The molecule has 0 spiro atoms. The smallest absolute Gasteiger partial charge is 0.216 e. The minimum atomic E-state index is 0.00463. The van der Waals surface area contributed by atoms with Crippen molar-refractivity contribution in [1.29, 1.82) is 0 Å². The molecule has 4 aliphatic carbocycles. The molecular weight excluding hydrogens is 1850 g/mol. The first-order valence-corrected chi connectivity index (χ1v) is 60.5. The van der Waals surface area contributed by atoms with Crippen LogP contribution in [0.15, 0.2) is 0 Å². The summed E-state index contributed by atoms with van der Waals surface area (Å²) in [5.41, 5.74) is 0. The highest BCUT2D eigenvalue weighted by Gasteiger charge is 2.44. The van der Waals surface area contributed by atoms with Gasteiger partial charge in [-0.15, -0.1) is 0 Å². The van der Waals surface area contributed by atoms with E-state index in [1.165, 1.54) is 363 Å². The van der Waals surface area contributed by atoms with Gasteiger partial charge in [-0.1, -0.05) is 146 Å². The number of carbonyl (C=O) groups is 2. The van der Waals surface area contributed by atoms with E-state index in [1.54, 1.807) is 42.5 Å². The van der Waals surface area contributed by atoms with Crippen LogP contribution in [-0.2, 0) is 38.0 Å². The van der Waals surface area contributed by atoms with Gasteiger partial charge >= 0.3 is 0 Å². The molecule has 0 aromatic carbocycles. The van der Waals surface area contributed by atoms with E-state index >= 15 is 0 Å². The van der Waals surface area contributed by atoms with Crippen molar-refractivity contribution in [1.82, 2.24) is 101 Å². The highest BCUT2D eigenvalue weighted by atomic mass is 16.5. The number of morpholine rings is 2. The first kappa shape index (κ1) is 157. The lowest BCUT2D eigenvalue weighted by Crippen LogP contribution is -2.40. The Morgan fingerprint density at radius 1 is 0.277 bits per heavy atom. The summed E-state index contributed by atoms with van der Waals surface area (Å²) in [7, 11) is 47.5. The molecule has 0 aromatic rings. The molecule has 148 heavy (non-hydrogen) atoms.